The van der Waals surface area contributed by atoms with Crippen molar-refractivity contribution >= 4 is 39.9 Å². The maximum absolute atomic E-state index is 9.27. The van der Waals surface area contributed by atoms with Crippen molar-refractivity contribution in [1.29, 1.82) is 5.26 Å². The molecule has 0 saturated heterocycles. The van der Waals surface area contributed by atoms with Gasteiger partial charge in [0.1, 0.15) is 0 Å². The van der Waals surface area contributed by atoms with Gasteiger partial charge in [0.15, 0.2) is 0 Å². The van der Waals surface area contributed by atoms with Gasteiger partial charge in [0.25, 0.3) is 0 Å². The molecule has 8 rings (SSSR count). The zero-order valence-electron chi connectivity index (χ0n) is 25.8. The third kappa shape index (κ3) is 4.86. The molecule has 0 bridgehead atoms. The van der Waals surface area contributed by atoms with Gasteiger partial charge in [-0.05, 0) is 53.7 Å². The lowest BCUT2D eigenvalue weighted by atomic mass is 9.95. The van der Waals surface area contributed by atoms with Gasteiger partial charge < -0.3 is 4.57 Å². The maximum Gasteiger partial charge on any atom is 0.0991 e. The quantitative estimate of drug-likeness (QED) is 0.175. The first-order chi connectivity index (χ1) is 23.2. The minimum absolute atomic E-state index is 0.491. The SMILES string of the molecule is C=N/C(=C1/Cc2c(cccc2-c2ccccc2-n2c3ccccc3c3ccccc32)C1=NCc1ccc(C#N)cc1)c1ccccc1. The highest BCUT2D eigenvalue weighted by atomic mass is 15.0. The zero-order chi connectivity index (χ0) is 31.7. The van der Waals surface area contributed by atoms with E-state index in [4.69, 9.17) is 4.99 Å². The summed E-state index contributed by atoms with van der Waals surface area (Å²) in [6.07, 6.45) is 0.683. The molecule has 6 aromatic carbocycles. The second-order valence-corrected chi connectivity index (χ2v) is 11.7. The summed E-state index contributed by atoms with van der Waals surface area (Å²) in [7, 11) is 0. The van der Waals surface area contributed by atoms with Crippen LogP contribution in [0.25, 0.3) is 44.3 Å². The highest BCUT2D eigenvalue weighted by Gasteiger charge is 2.29. The second-order valence-electron chi connectivity index (χ2n) is 11.7. The molecular weight excluding hydrogens is 573 g/mol. The largest absolute Gasteiger partial charge is 0.309 e. The van der Waals surface area contributed by atoms with E-state index in [1.807, 2.05) is 42.5 Å². The summed E-state index contributed by atoms with van der Waals surface area (Å²) in [4.78, 5) is 9.83. The molecule has 222 valence electrons. The van der Waals surface area contributed by atoms with E-state index in [1.165, 1.54) is 32.9 Å². The fraction of sp³-hybridized carbons (Fsp3) is 0.0465. The Morgan fingerprint density at radius 2 is 1.28 bits per heavy atom. The molecule has 4 heteroatoms. The molecule has 1 heterocycles. The van der Waals surface area contributed by atoms with Crippen LogP contribution in [0.15, 0.2) is 161 Å². The third-order valence-corrected chi connectivity index (χ3v) is 9.08. The number of nitrogens with zero attached hydrogens (tertiary/aromatic N) is 4. The van der Waals surface area contributed by atoms with Gasteiger partial charge in [-0.2, -0.15) is 5.26 Å². The highest BCUT2D eigenvalue weighted by molar-refractivity contribution is 6.21. The first kappa shape index (κ1) is 28.2. The molecule has 0 amide bonds. The Morgan fingerprint density at radius 3 is 1.98 bits per heavy atom. The summed E-state index contributed by atoms with van der Waals surface area (Å²) >= 11 is 0. The Hall–Kier alpha value is -6.31. The van der Waals surface area contributed by atoms with Gasteiger partial charge in [-0.15, -0.1) is 0 Å². The van der Waals surface area contributed by atoms with Crippen LogP contribution >= 0.6 is 0 Å². The smallest absolute Gasteiger partial charge is 0.0991 e. The Bertz CT molecular complexity index is 2370. The number of aliphatic imine (C=N–C) groups is 2. The molecule has 0 atom stereocenters. The van der Waals surface area contributed by atoms with Crippen LogP contribution in [0.3, 0.4) is 0 Å². The number of aromatic nitrogens is 1. The van der Waals surface area contributed by atoms with Crippen molar-refractivity contribution in [3.8, 4) is 22.9 Å². The molecular formula is C43H30N4. The van der Waals surface area contributed by atoms with Gasteiger partial charge >= 0.3 is 0 Å². The minimum Gasteiger partial charge on any atom is -0.309 e. The number of para-hydroxylation sites is 3. The lowest BCUT2D eigenvalue weighted by Crippen LogP contribution is -2.03. The first-order valence-corrected chi connectivity index (χ1v) is 15.7. The monoisotopic (exact) mass is 602 g/mol. The van der Waals surface area contributed by atoms with Crippen molar-refractivity contribution in [3.63, 3.8) is 0 Å². The molecule has 0 spiro atoms. The summed E-state index contributed by atoms with van der Waals surface area (Å²) in [5.74, 6) is 0. The number of rotatable bonds is 6. The van der Waals surface area contributed by atoms with E-state index in [0.29, 0.717) is 18.5 Å². The van der Waals surface area contributed by atoms with E-state index in [0.717, 1.165) is 44.9 Å². The van der Waals surface area contributed by atoms with Crippen LogP contribution in [0, 0.1) is 11.3 Å². The minimum atomic E-state index is 0.491. The van der Waals surface area contributed by atoms with Gasteiger partial charge in [0.2, 0.25) is 0 Å². The van der Waals surface area contributed by atoms with E-state index >= 15 is 0 Å². The van der Waals surface area contributed by atoms with Crippen LogP contribution in [-0.2, 0) is 13.0 Å². The van der Waals surface area contributed by atoms with Gasteiger partial charge in [-0.25, -0.2) is 0 Å². The molecule has 0 unspecified atom stereocenters. The predicted molar refractivity (Wildman–Crippen MR) is 194 cm³/mol. The highest BCUT2D eigenvalue weighted by Crippen LogP contribution is 2.42. The van der Waals surface area contributed by atoms with E-state index in [-0.39, 0.29) is 0 Å². The molecule has 7 aromatic rings. The fourth-order valence-electron chi connectivity index (χ4n) is 6.94. The Morgan fingerprint density at radius 1 is 0.660 bits per heavy atom. The third-order valence-electron chi connectivity index (χ3n) is 9.08. The van der Waals surface area contributed by atoms with Crippen molar-refractivity contribution < 1.29 is 0 Å². The van der Waals surface area contributed by atoms with Gasteiger partial charge in [-0.1, -0.05) is 115 Å². The van der Waals surface area contributed by atoms with Crippen LogP contribution < -0.4 is 0 Å². The van der Waals surface area contributed by atoms with Crippen LogP contribution in [0.4, 0.5) is 0 Å². The topological polar surface area (TPSA) is 53.4 Å². The average molecular weight is 603 g/mol. The normalized spacial score (nSPS) is 14.3. The number of nitriles is 1. The van der Waals surface area contributed by atoms with E-state index < -0.39 is 0 Å². The first-order valence-electron chi connectivity index (χ1n) is 15.7. The molecule has 0 N–H and O–H groups in total. The molecule has 0 fully saturated rings. The van der Waals surface area contributed by atoms with E-state index in [9.17, 15) is 5.26 Å². The van der Waals surface area contributed by atoms with Crippen molar-refractivity contribution in [2.24, 2.45) is 9.98 Å². The second kappa shape index (κ2) is 11.9. The van der Waals surface area contributed by atoms with Crippen molar-refractivity contribution in [2.45, 2.75) is 13.0 Å². The summed E-state index contributed by atoms with van der Waals surface area (Å²) in [6, 6.07) is 52.6. The average Bonchev–Trinajstić information content (AvgIpc) is 3.67. The molecule has 1 aliphatic carbocycles. The molecule has 47 heavy (non-hydrogen) atoms. The maximum atomic E-state index is 9.27. The van der Waals surface area contributed by atoms with Gasteiger partial charge in [0, 0.05) is 39.5 Å². The molecule has 1 aromatic heterocycles. The van der Waals surface area contributed by atoms with Gasteiger partial charge in [0.05, 0.1) is 46.3 Å². The summed E-state index contributed by atoms with van der Waals surface area (Å²) in [5.41, 5.74) is 13.7. The molecule has 0 saturated carbocycles. The number of benzene rings is 6. The number of fused-ring (bicyclic) bond motifs is 4. The van der Waals surface area contributed by atoms with E-state index in [1.54, 1.807) is 0 Å². The van der Waals surface area contributed by atoms with Crippen molar-refractivity contribution in [3.05, 3.63) is 179 Å². The summed E-state index contributed by atoms with van der Waals surface area (Å²) in [6.45, 7) is 4.50. The Labute approximate surface area is 273 Å². The molecule has 0 aliphatic heterocycles. The number of hydrogen-bond acceptors (Lipinski definition) is 3. The standard InChI is InChI=1S/C43H30N4/c1-45-42(31-12-3-2-4-13-31)38-26-37-32(17-11-18-36(37)43(38)46-28-30-24-22-29(27-44)23-25-30)33-14-5-8-19-39(33)47-40-20-9-6-15-34(40)35-16-7-10-21-41(35)47/h2-25H,1,26,28H2/b42-38-,46-43?. The van der Waals surface area contributed by atoms with Crippen molar-refractivity contribution in [2.75, 3.05) is 0 Å². The fourth-order valence-corrected chi connectivity index (χ4v) is 6.94. The van der Waals surface area contributed by atoms with Crippen LogP contribution in [0.2, 0.25) is 0 Å². The Balaban J connectivity index is 1.34. The number of hydrogen-bond donors (Lipinski definition) is 0. The van der Waals surface area contributed by atoms with Gasteiger partial charge in [-0.3, -0.25) is 9.98 Å². The van der Waals surface area contributed by atoms with Crippen LogP contribution in [0.1, 0.15) is 27.8 Å². The van der Waals surface area contributed by atoms with Crippen LogP contribution in [-0.4, -0.2) is 17.0 Å². The van der Waals surface area contributed by atoms with Crippen LogP contribution in [0.5, 0.6) is 0 Å². The molecule has 0 radical (unpaired) electrons. The predicted octanol–water partition coefficient (Wildman–Crippen LogP) is 9.98. The Kier molecular flexibility index (Phi) is 7.13. The number of allylic oxidation sites excluding steroid dienone is 1. The molecule has 1 aliphatic rings. The zero-order valence-corrected chi connectivity index (χ0v) is 25.8. The lowest BCUT2D eigenvalue weighted by molar-refractivity contribution is 1.07. The lowest BCUT2D eigenvalue weighted by Gasteiger charge is -2.16. The van der Waals surface area contributed by atoms with Crippen molar-refractivity contribution in [1.82, 2.24) is 4.57 Å². The summed E-state index contributed by atoms with van der Waals surface area (Å²) in [5, 5.41) is 11.8. The molecule has 4 nitrogen and oxygen atoms in total. The summed E-state index contributed by atoms with van der Waals surface area (Å²) < 4.78 is 2.39. The van der Waals surface area contributed by atoms with E-state index in [2.05, 4.69) is 125 Å².